The maximum Gasteiger partial charge on any atom is 0.321 e. The molecule has 0 aliphatic rings. The number of carboxylic acids is 1. The zero-order valence-corrected chi connectivity index (χ0v) is 9.97. The summed E-state index contributed by atoms with van der Waals surface area (Å²) < 4.78 is 0. The highest BCUT2D eigenvalue weighted by Crippen LogP contribution is 2.18. The van der Waals surface area contributed by atoms with Crippen molar-refractivity contribution in [3.05, 3.63) is 16.1 Å². The van der Waals surface area contributed by atoms with E-state index in [1.165, 1.54) is 11.3 Å². The predicted molar refractivity (Wildman–Crippen MR) is 60.4 cm³/mol. The lowest BCUT2D eigenvalue weighted by molar-refractivity contribution is -0.139. The highest BCUT2D eigenvalue weighted by Gasteiger charge is 2.17. The van der Waals surface area contributed by atoms with E-state index in [0.717, 1.165) is 10.7 Å². The first kappa shape index (κ1) is 12.1. The van der Waals surface area contributed by atoms with Crippen LogP contribution < -0.4 is 5.32 Å². The van der Waals surface area contributed by atoms with Crippen LogP contribution in [0.15, 0.2) is 5.38 Å². The minimum Gasteiger partial charge on any atom is -0.480 e. The third kappa shape index (κ3) is 3.28. The molecule has 84 valence electrons. The molecule has 0 bridgehead atoms. The van der Waals surface area contributed by atoms with Crippen molar-refractivity contribution in [2.75, 3.05) is 7.05 Å². The molecule has 1 unspecified atom stereocenters. The Kier molecular flexibility index (Phi) is 4.23. The van der Waals surface area contributed by atoms with Gasteiger partial charge in [-0.2, -0.15) is 0 Å². The highest BCUT2D eigenvalue weighted by molar-refractivity contribution is 7.09. The first-order valence-corrected chi connectivity index (χ1v) is 5.77. The second kappa shape index (κ2) is 5.23. The summed E-state index contributed by atoms with van der Waals surface area (Å²) in [4.78, 5) is 15.2. The third-order valence-electron chi connectivity index (χ3n) is 2.19. The Labute approximate surface area is 93.4 Å². The van der Waals surface area contributed by atoms with Crippen molar-refractivity contribution in [1.29, 1.82) is 0 Å². The van der Waals surface area contributed by atoms with Crippen molar-refractivity contribution in [3.8, 4) is 0 Å². The number of aromatic nitrogens is 1. The molecular formula is C10H16N2O2S. The van der Waals surface area contributed by atoms with Crippen LogP contribution in [0.4, 0.5) is 0 Å². The lowest BCUT2D eigenvalue weighted by Gasteiger charge is -2.08. The van der Waals surface area contributed by atoms with E-state index in [9.17, 15) is 4.79 Å². The number of likely N-dealkylation sites (N-methyl/N-ethyl adjacent to an activating group) is 1. The van der Waals surface area contributed by atoms with E-state index in [-0.39, 0.29) is 0 Å². The van der Waals surface area contributed by atoms with Crippen molar-refractivity contribution >= 4 is 17.3 Å². The normalized spacial score (nSPS) is 13.1. The minimum absolute atomic E-state index is 0.396. The van der Waals surface area contributed by atoms with Crippen molar-refractivity contribution in [2.24, 2.45) is 0 Å². The van der Waals surface area contributed by atoms with Gasteiger partial charge in [-0.1, -0.05) is 13.8 Å². The number of rotatable bonds is 5. The van der Waals surface area contributed by atoms with E-state index in [4.69, 9.17) is 5.11 Å². The molecule has 5 heteroatoms. The van der Waals surface area contributed by atoms with Gasteiger partial charge in [0.25, 0.3) is 0 Å². The minimum atomic E-state index is -0.834. The molecule has 1 aromatic heterocycles. The molecule has 0 spiro atoms. The van der Waals surface area contributed by atoms with Crippen LogP contribution in [-0.4, -0.2) is 29.1 Å². The molecule has 0 aliphatic heterocycles. The molecule has 0 fully saturated rings. The summed E-state index contributed by atoms with van der Waals surface area (Å²) in [5.41, 5.74) is 1.04. The van der Waals surface area contributed by atoms with E-state index >= 15 is 0 Å². The van der Waals surface area contributed by atoms with Crippen molar-refractivity contribution in [2.45, 2.75) is 32.2 Å². The van der Waals surface area contributed by atoms with Gasteiger partial charge in [-0.15, -0.1) is 11.3 Å². The standard InChI is InChI=1S/C10H16N2O2S/c1-6(2)8-5-15-9(12-8)4-7(11-3)10(13)14/h5-7,11H,4H2,1-3H3,(H,13,14). The average Bonchev–Trinajstić information content (AvgIpc) is 2.61. The van der Waals surface area contributed by atoms with Crippen LogP contribution in [-0.2, 0) is 11.2 Å². The van der Waals surface area contributed by atoms with Crippen LogP contribution in [0.2, 0.25) is 0 Å². The van der Waals surface area contributed by atoms with E-state index in [1.54, 1.807) is 7.05 Å². The fraction of sp³-hybridized carbons (Fsp3) is 0.600. The Morgan fingerprint density at radius 1 is 1.67 bits per heavy atom. The summed E-state index contributed by atoms with van der Waals surface area (Å²) in [6.07, 6.45) is 0.448. The topological polar surface area (TPSA) is 62.2 Å². The number of thiazole rings is 1. The fourth-order valence-electron chi connectivity index (χ4n) is 1.17. The van der Waals surface area contributed by atoms with Gasteiger partial charge in [0.05, 0.1) is 10.7 Å². The van der Waals surface area contributed by atoms with Gasteiger partial charge in [-0.3, -0.25) is 4.79 Å². The third-order valence-corrected chi connectivity index (χ3v) is 3.08. The lowest BCUT2D eigenvalue weighted by Crippen LogP contribution is -2.35. The summed E-state index contributed by atoms with van der Waals surface area (Å²) in [5, 5.41) is 14.5. The van der Waals surface area contributed by atoms with Crippen LogP contribution in [0.1, 0.15) is 30.5 Å². The maximum atomic E-state index is 10.8. The monoisotopic (exact) mass is 228 g/mol. The molecule has 0 aliphatic carbocycles. The fourth-order valence-corrected chi connectivity index (χ4v) is 2.17. The van der Waals surface area contributed by atoms with E-state index in [0.29, 0.717) is 12.3 Å². The van der Waals surface area contributed by atoms with E-state index < -0.39 is 12.0 Å². The van der Waals surface area contributed by atoms with Crippen LogP contribution in [0, 0.1) is 0 Å². The summed E-state index contributed by atoms with van der Waals surface area (Å²) in [6, 6.07) is -0.545. The van der Waals surface area contributed by atoms with Gasteiger partial charge in [0.15, 0.2) is 0 Å². The Bertz CT molecular complexity index is 336. The molecule has 2 N–H and O–H groups in total. The Morgan fingerprint density at radius 2 is 2.33 bits per heavy atom. The van der Waals surface area contributed by atoms with E-state index in [1.807, 2.05) is 5.38 Å². The van der Waals surface area contributed by atoms with Gasteiger partial charge in [0.2, 0.25) is 0 Å². The maximum absolute atomic E-state index is 10.8. The van der Waals surface area contributed by atoms with Crippen molar-refractivity contribution < 1.29 is 9.90 Å². The SMILES string of the molecule is CNC(Cc1nc(C(C)C)cs1)C(=O)O. The molecule has 1 heterocycles. The summed E-state index contributed by atoms with van der Waals surface area (Å²) in [7, 11) is 1.65. The molecule has 0 radical (unpaired) electrons. The van der Waals surface area contributed by atoms with Crippen LogP contribution in [0.25, 0.3) is 0 Å². The zero-order chi connectivity index (χ0) is 11.4. The summed E-state index contributed by atoms with van der Waals surface area (Å²) in [5.74, 6) is -0.438. The molecule has 0 saturated carbocycles. The molecular weight excluding hydrogens is 212 g/mol. The molecule has 0 amide bonds. The second-order valence-electron chi connectivity index (χ2n) is 3.70. The number of hydrogen-bond acceptors (Lipinski definition) is 4. The van der Waals surface area contributed by atoms with Gasteiger partial charge < -0.3 is 10.4 Å². The smallest absolute Gasteiger partial charge is 0.321 e. The molecule has 1 rings (SSSR count). The molecule has 15 heavy (non-hydrogen) atoms. The van der Waals surface area contributed by atoms with E-state index in [2.05, 4.69) is 24.1 Å². The van der Waals surface area contributed by atoms with Gasteiger partial charge in [-0.25, -0.2) is 4.98 Å². The van der Waals surface area contributed by atoms with Gasteiger partial charge >= 0.3 is 5.97 Å². The lowest BCUT2D eigenvalue weighted by atomic mass is 10.1. The van der Waals surface area contributed by atoms with Crippen LogP contribution in [0.3, 0.4) is 0 Å². The molecule has 1 aromatic rings. The Morgan fingerprint density at radius 3 is 2.73 bits per heavy atom. The number of nitrogens with one attached hydrogen (secondary N) is 1. The van der Waals surface area contributed by atoms with Crippen molar-refractivity contribution in [3.63, 3.8) is 0 Å². The molecule has 0 saturated heterocycles. The Hall–Kier alpha value is -0.940. The largest absolute Gasteiger partial charge is 0.480 e. The van der Waals surface area contributed by atoms with Gasteiger partial charge in [0.1, 0.15) is 6.04 Å². The quantitative estimate of drug-likeness (QED) is 0.801. The number of carboxylic acid groups (broad SMARTS) is 1. The van der Waals surface area contributed by atoms with Crippen LogP contribution in [0.5, 0.6) is 0 Å². The average molecular weight is 228 g/mol. The first-order chi connectivity index (χ1) is 7.04. The van der Waals surface area contributed by atoms with Gasteiger partial charge in [-0.05, 0) is 13.0 Å². The second-order valence-corrected chi connectivity index (χ2v) is 4.65. The summed E-state index contributed by atoms with van der Waals surface area (Å²) >= 11 is 1.52. The van der Waals surface area contributed by atoms with Gasteiger partial charge in [0, 0.05) is 11.8 Å². The first-order valence-electron chi connectivity index (χ1n) is 4.89. The summed E-state index contributed by atoms with van der Waals surface area (Å²) in [6.45, 7) is 4.15. The zero-order valence-electron chi connectivity index (χ0n) is 9.15. The number of aliphatic carboxylic acids is 1. The Balaban J connectivity index is 2.67. The predicted octanol–water partition coefficient (Wildman–Crippen LogP) is 1.48. The number of nitrogens with zero attached hydrogens (tertiary/aromatic N) is 1. The number of hydrogen-bond donors (Lipinski definition) is 2. The highest BCUT2D eigenvalue weighted by atomic mass is 32.1. The molecule has 0 aromatic carbocycles. The number of carbonyl (C=O) groups is 1. The van der Waals surface area contributed by atoms with Crippen LogP contribution >= 0.6 is 11.3 Å². The molecule has 4 nitrogen and oxygen atoms in total. The molecule has 1 atom stereocenters. The van der Waals surface area contributed by atoms with Crippen molar-refractivity contribution in [1.82, 2.24) is 10.3 Å².